The second-order valence-electron chi connectivity index (χ2n) is 11.0. The van der Waals surface area contributed by atoms with Gasteiger partial charge in [-0.25, -0.2) is 0 Å². The van der Waals surface area contributed by atoms with Crippen molar-refractivity contribution < 1.29 is 33.6 Å². The van der Waals surface area contributed by atoms with Gasteiger partial charge in [-0.05, 0) is 56.4 Å². The Kier molecular flexibility index (Phi) is 68.9. The smallest absolute Gasteiger partial charge is 2.00 e. The summed E-state index contributed by atoms with van der Waals surface area (Å²) in [6.45, 7) is 20.2. The van der Waals surface area contributed by atoms with Crippen molar-refractivity contribution in [3.8, 4) is 25.9 Å². The zero-order valence-electron chi connectivity index (χ0n) is 30.9. The third kappa shape index (κ3) is 63.7. The normalized spacial score (nSPS) is 17.9. The molecule has 49 heavy (non-hydrogen) atoms. The van der Waals surface area contributed by atoms with E-state index >= 15 is 0 Å². The molecule has 0 aromatic heterocycles. The van der Waals surface area contributed by atoms with E-state index in [2.05, 4.69) is 160 Å². The van der Waals surface area contributed by atoms with Crippen molar-refractivity contribution in [1.82, 2.24) is 39.2 Å². The molecule has 0 aromatic rings. The van der Waals surface area contributed by atoms with Crippen molar-refractivity contribution in [3.63, 3.8) is 0 Å². The average molecular weight is 1040 g/mol. The zero-order chi connectivity index (χ0) is 37.5. The maximum absolute atomic E-state index is 7.32. The molecule has 2 aliphatic rings. The number of hydrogen-bond donors (Lipinski definition) is 0. The molecule has 0 saturated carbocycles. The molecule has 2 fully saturated rings. The van der Waals surface area contributed by atoms with Crippen LogP contribution in [0.25, 0.3) is 0 Å². The standard InChI is InChI=1S/2C12H28N4.C2H3N.4CHNSe.2Co/c2*1-13-5-7-14(2)9-11-16(4)12-10-15(3)8-6-13;1-2-3;4*2-1-3;;/h2*5-12H2,1-4H3;1H3;4*3H;;/q;;;;;;;2*+2/p-4. The van der Waals surface area contributed by atoms with Crippen LogP contribution in [0.5, 0.6) is 0 Å². The van der Waals surface area contributed by atoms with Crippen molar-refractivity contribution in [2.24, 2.45) is 0 Å². The summed E-state index contributed by atoms with van der Waals surface area (Å²) in [4.78, 5) is 25.9. The second kappa shape index (κ2) is 52.6. The fourth-order valence-electron chi connectivity index (χ4n) is 3.63. The predicted octanol–water partition coefficient (Wildman–Crippen LogP) is -1.48. The van der Waals surface area contributed by atoms with Crippen LogP contribution >= 0.6 is 0 Å². The van der Waals surface area contributed by atoms with Crippen LogP contribution in [-0.2, 0) is 33.6 Å². The maximum atomic E-state index is 7.32. The van der Waals surface area contributed by atoms with Crippen LogP contribution in [0.2, 0.25) is 0 Å². The van der Waals surface area contributed by atoms with E-state index in [1.807, 2.05) is 0 Å². The molecular formula is C30H59Co2N13Se4. The van der Waals surface area contributed by atoms with Crippen LogP contribution in [0.3, 0.4) is 0 Å². The maximum Gasteiger partial charge on any atom is 2.00 e. The van der Waals surface area contributed by atoms with Crippen LogP contribution in [0, 0.1) is 52.2 Å². The topological polar surface area (TPSA) is 145 Å². The van der Waals surface area contributed by atoms with Gasteiger partial charge in [0, 0.05) is 112 Å². The molecule has 0 aliphatic carbocycles. The fraction of sp³-hybridized carbons (Fsp3) is 0.833. The van der Waals surface area contributed by atoms with E-state index in [1.54, 1.807) is 25.9 Å². The van der Waals surface area contributed by atoms with Gasteiger partial charge in [0.15, 0.2) is 0 Å². The Morgan fingerprint density at radius 2 is 0.347 bits per heavy atom. The molecule has 2 aliphatic heterocycles. The number of rotatable bonds is 0. The Morgan fingerprint density at radius 3 is 0.388 bits per heavy atom. The molecule has 0 atom stereocenters. The summed E-state index contributed by atoms with van der Waals surface area (Å²) >= 11 is 8.44. The molecule has 2 heterocycles. The van der Waals surface area contributed by atoms with Crippen molar-refractivity contribution >= 4 is 64.1 Å². The quantitative estimate of drug-likeness (QED) is 0.261. The van der Waals surface area contributed by atoms with Gasteiger partial charge in [0.05, 0.1) is 6.07 Å². The third-order valence-electron chi connectivity index (χ3n) is 6.91. The summed E-state index contributed by atoms with van der Waals surface area (Å²) in [6.07, 6.45) is 0. The zero-order valence-corrected chi connectivity index (χ0v) is 39.9. The molecule has 0 bridgehead atoms. The molecule has 286 valence electrons. The summed E-state index contributed by atoms with van der Waals surface area (Å²) in [6, 6.07) is 1.75. The molecule has 13 nitrogen and oxygen atoms in total. The molecule has 2 rings (SSSR count). The Balaban J connectivity index is -0.0000000997. The monoisotopic (exact) mass is 1040 g/mol. The van der Waals surface area contributed by atoms with Gasteiger partial charge in [0.2, 0.25) is 0 Å². The van der Waals surface area contributed by atoms with Gasteiger partial charge in [0.1, 0.15) is 0 Å². The summed E-state index contributed by atoms with van der Waals surface area (Å²) < 4.78 is 0. The van der Waals surface area contributed by atoms with Crippen LogP contribution in [0.1, 0.15) is 6.92 Å². The molecule has 2 radical (unpaired) electrons. The van der Waals surface area contributed by atoms with Gasteiger partial charge < -0.3 is 39.2 Å². The van der Waals surface area contributed by atoms with E-state index < -0.39 is 0 Å². The molecule has 0 unspecified atom stereocenters. The minimum Gasteiger partial charge on any atom is 2.00 e. The number of hydrogen-bond acceptors (Lipinski definition) is 13. The van der Waals surface area contributed by atoms with Crippen molar-refractivity contribution in [2.45, 2.75) is 6.92 Å². The molecule has 0 N–H and O–H groups in total. The first-order valence-electron chi connectivity index (χ1n) is 15.1. The van der Waals surface area contributed by atoms with Gasteiger partial charge >= 0.3 is 139 Å². The molecule has 0 aromatic carbocycles. The van der Waals surface area contributed by atoms with Gasteiger partial charge in [0.25, 0.3) is 0 Å². The summed E-state index contributed by atoms with van der Waals surface area (Å²) in [7, 11) is 17.8. The van der Waals surface area contributed by atoms with Gasteiger partial charge in [-0.3, -0.25) is 0 Å². The van der Waals surface area contributed by atoms with E-state index in [4.69, 9.17) is 26.3 Å². The van der Waals surface area contributed by atoms with E-state index in [0.717, 1.165) is 0 Å². The predicted molar refractivity (Wildman–Crippen MR) is 197 cm³/mol. The van der Waals surface area contributed by atoms with Gasteiger partial charge in [-0.15, -0.1) is 0 Å². The minimum absolute atomic E-state index is 0. The van der Waals surface area contributed by atoms with E-state index in [0.29, 0.717) is 0 Å². The Morgan fingerprint density at radius 1 is 0.306 bits per heavy atom. The molecule has 0 amide bonds. The Bertz CT molecular complexity index is 659. The Labute approximate surface area is 354 Å². The first-order chi connectivity index (χ1) is 22.2. The third-order valence-corrected chi connectivity index (χ3v) is 6.91. The van der Waals surface area contributed by atoms with Crippen molar-refractivity contribution in [3.05, 3.63) is 0 Å². The van der Waals surface area contributed by atoms with Crippen molar-refractivity contribution in [2.75, 3.05) is 161 Å². The summed E-state index contributed by atoms with van der Waals surface area (Å²) in [5.74, 6) is 0. The number of nitrogens with zero attached hydrogens (tertiary/aromatic N) is 13. The van der Waals surface area contributed by atoms with E-state index in [-0.39, 0.29) is 33.6 Å². The summed E-state index contributed by atoms with van der Waals surface area (Å²) in [5.41, 5.74) is 0. The van der Waals surface area contributed by atoms with Crippen LogP contribution < -0.4 is 0 Å². The Hall–Kier alpha value is 0.221. The first-order valence-corrected chi connectivity index (χ1v) is 18.5. The fourth-order valence-corrected chi connectivity index (χ4v) is 3.63. The molecule has 0 spiro atoms. The molecule has 19 heteroatoms. The number of nitriles is 5. The largest absolute Gasteiger partial charge is 2.00 e. The second-order valence-corrected chi connectivity index (χ2v) is 12.5. The van der Waals surface area contributed by atoms with Gasteiger partial charge in [-0.2, -0.15) is 5.26 Å². The van der Waals surface area contributed by atoms with Crippen molar-refractivity contribution in [1.29, 1.82) is 26.3 Å². The molecule has 2 saturated heterocycles. The van der Waals surface area contributed by atoms with Crippen LogP contribution in [0.15, 0.2) is 0 Å². The average Bonchev–Trinajstić information content (AvgIpc) is 3.01. The van der Waals surface area contributed by atoms with Gasteiger partial charge in [-0.1, -0.05) is 0 Å². The van der Waals surface area contributed by atoms with E-state index in [9.17, 15) is 0 Å². The molecular weight excluding hydrogens is 976 g/mol. The van der Waals surface area contributed by atoms with Crippen LogP contribution in [-0.4, -0.2) is 264 Å². The number of likely N-dealkylation sites (N-methyl/N-ethyl adjacent to an activating group) is 8. The minimum atomic E-state index is 0. The van der Waals surface area contributed by atoms with Crippen LogP contribution in [0.4, 0.5) is 0 Å². The SMILES string of the molecule is CC#N.CN1CCN(C)CCN(C)CCN(C)CC1.CN1CCN(C)CCN(C)CCN(C)CC1.N#C[Se-].N#C[Se-].N#C[Se-].N#C[Se-].[Co+2].[Co+2]. The summed E-state index contributed by atoms with van der Waals surface area (Å²) in [5, 5.41) is 36.4. The first kappa shape index (κ1) is 64.2. The van der Waals surface area contributed by atoms with E-state index in [1.165, 1.54) is 112 Å².